The van der Waals surface area contributed by atoms with E-state index >= 15 is 0 Å². The Balaban J connectivity index is 1.80. The molecule has 122 valence electrons. The SMILES string of the molecule is O=C(Nc1cc(Br)c(O)c(Br)c1)c1ccc(-c2ccc(Cl)cc2)o1. The molecular weight excluding hydrogens is 461 g/mol. The fraction of sp³-hybridized carbons (Fsp3) is 0. The van der Waals surface area contributed by atoms with Gasteiger partial charge in [-0.25, -0.2) is 0 Å². The summed E-state index contributed by atoms with van der Waals surface area (Å²) in [5, 5.41) is 13.0. The van der Waals surface area contributed by atoms with Crippen LogP contribution in [0.25, 0.3) is 11.3 Å². The van der Waals surface area contributed by atoms with Gasteiger partial charge in [-0.2, -0.15) is 0 Å². The molecule has 0 aliphatic heterocycles. The Morgan fingerprint density at radius 1 is 1.04 bits per heavy atom. The van der Waals surface area contributed by atoms with Crippen LogP contribution in [0.5, 0.6) is 5.75 Å². The van der Waals surface area contributed by atoms with Gasteiger partial charge in [-0.3, -0.25) is 4.79 Å². The minimum absolute atomic E-state index is 0.0658. The Morgan fingerprint density at radius 3 is 2.29 bits per heavy atom. The molecule has 1 amide bonds. The van der Waals surface area contributed by atoms with Crippen molar-refractivity contribution in [3.63, 3.8) is 0 Å². The van der Waals surface area contributed by atoms with Crippen molar-refractivity contribution in [2.75, 3.05) is 5.32 Å². The van der Waals surface area contributed by atoms with Crippen LogP contribution in [0.1, 0.15) is 10.6 Å². The largest absolute Gasteiger partial charge is 0.506 e. The predicted molar refractivity (Wildman–Crippen MR) is 101 cm³/mol. The van der Waals surface area contributed by atoms with Crippen molar-refractivity contribution in [2.45, 2.75) is 0 Å². The van der Waals surface area contributed by atoms with Gasteiger partial charge in [0.1, 0.15) is 11.5 Å². The van der Waals surface area contributed by atoms with Crippen LogP contribution in [-0.2, 0) is 0 Å². The third-order valence-electron chi connectivity index (χ3n) is 3.23. The second kappa shape index (κ2) is 7.01. The fourth-order valence-electron chi connectivity index (χ4n) is 2.06. The highest BCUT2D eigenvalue weighted by molar-refractivity contribution is 9.11. The summed E-state index contributed by atoms with van der Waals surface area (Å²) in [6.07, 6.45) is 0. The lowest BCUT2D eigenvalue weighted by molar-refractivity contribution is 0.0997. The summed E-state index contributed by atoms with van der Waals surface area (Å²) in [6.45, 7) is 0. The highest BCUT2D eigenvalue weighted by atomic mass is 79.9. The van der Waals surface area contributed by atoms with Gasteiger partial charge in [0.25, 0.3) is 5.91 Å². The van der Waals surface area contributed by atoms with Crippen molar-refractivity contribution in [1.29, 1.82) is 0 Å². The van der Waals surface area contributed by atoms with Gasteiger partial charge in [0.05, 0.1) is 8.95 Å². The van der Waals surface area contributed by atoms with Crippen molar-refractivity contribution in [3.8, 4) is 17.1 Å². The lowest BCUT2D eigenvalue weighted by Gasteiger charge is -2.07. The minimum Gasteiger partial charge on any atom is -0.506 e. The molecule has 3 rings (SSSR count). The number of amides is 1. The Kier molecular flexibility index (Phi) is 4.99. The summed E-state index contributed by atoms with van der Waals surface area (Å²) < 4.78 is 6.53. The number of hydrogen-bond donors (Lipinski definition) is 2. The number of anilines is 1. The van der Waals surface area contributed by atoms with Crippen LogP contribution >= 0.6 is 43.5 Å². The van der Waals surface area contributed by atoms with Gasteiger partial charge in [-0.1, -0.05) is 11.6 Å². The predicted octanol–water partition coefficient (Wildman–Crippen LogP) is 6.08. The number of rotatable bonds is 3. The fourth-order valence-corrected chi connectivity index (χ4v) is 3.37. The van der Waals surface area contributed by atoms with Crippen LogP contribution < -0.4 is 5.32 Å². The minimum atomic E-state index is -0.389. The van der Waals surface area contributed by atoms with Gasteiger partial charge >= 0.3 is 0 Å². The van der Waals surface area contributed by atoms with Crippen LogP contribution in [0, 0.1) is 0 Å². The van der Waals surface area contributed by atoms with E-state index in [9.17, 15) is 9.90 Å². The molecule has 0 atom stereocenters. The molecule has 0 fully saturated rings. The summed E-state index contributed by atoms with van der Waals surface area (Å²) in [6, 6.07) is 13.7. The molecule has 0 saturated carbocycles. The highest BCUT2D eigenvalue weighted by Crippen LogP contribution is 2.35. The molecule has 1 heterocycles. The summed E-state index contributed by atoms with van der Waals surface area (Å²) in [5.74, 6) is 0.431. The van der Waals surface area contributed by atoms with E-state index in [0.29, 0.717) is 25.4 Å². The van der Waals surface area contributed by atoms with E-state index in [1.54, 1.807) is 36.4 Å². The molecule has 24 heavy (non-hydrogen) atoms. The molecule has 2 aromatic carbocycles. The second-order valence-corrected chi connectivity index (χ2v) is 7.06. The average Bonchev–Trinajstić information content (AvgIpc) is 3.03. The molecule has 0 unspecified atom stereocenters. The Labute approximate surface area is 159 Å². The van der Waals surface area contributed by atoms with Crippen molar-refractivity contribution >= 4 is 55.1 Å². The topological polar surface area (TPSA) is 62.5 Å². The molecule has 0 radical (unpaired) electrons. The molecule has 4 nitrogen and oxygen atoms in total. The molecule has 0 bridgehead atoms. The van der Waals surface area contributed by atoms with Gasteiger partial charge < -0.3 is 14.8 Å². The van der Waals surface area contributed by atoms with Gasteiger partial charge in [-0.05, 0) is 80.4 Å². The number of halogens is 3. The molecular formula is C17H10Br2ClNO3. The van der Waals surface area contributed by atoms with Crippen LogP contribution in [-0.4, -0.2) is 11.0 Å². The Hall–Kier alpha value is -1.76. The zero-order chi connectivity index (χ0) is 17.3. The normalized spacial score (nSPS) is 10.6. The first-order valence-corrected chi connectivity index (χ1v) is 8.75. The van der Waals surface area contributed by atoms with E-state index in [1.165, 1.54) is 0 Å². The van der Waals surface area contributed by atoms with Gasteiger partial charge in [0.15, 0.2) is 5.76 Å². The molecule has 0 aliphatic rings. The van der Waals surface area contributed by atoms with Crippen LogP contribution in [0.2, 0.25) is 5.02 Å². The summed E-state index contributed by atoms with van der Waals surface area (Å²) in [5.41, 5.74) is 1.34. The van der Waals surface area contributed by atoms with Gasteiger partial charge in [0, 0.05) is 16.3 Å². The number of aromatic hydroxyl groups is 1. The molecule has 3 aromatic rings. The number of hydrogen-bond acceptors (Lipinski definition) is 3. The maximum atomic E-state index is 12.3. The third-order valence-corrected chi connectivity index (χ3v) is 4.69. The molecule has 0 saturated heterocycles. The number of carbonyl (C=O) groups is 1. The number of phenols is 1. The lowest BCUT2D eigenvalue weighted by atomic mass is 10.2. The molecule has 2 N–H and O–H groups in total. The van der Waals surface area contributed by atoms with Crippen molar-refractivity contribution < 1.29 is 14.3 Å². The van der Waals surface area contributed by atoms with E-state index in [-0.39, 0.29) is 17.4 Å². The lowest BCUT2D eigenvalue weighted by Crippen LogP contribution is -2.10. The van der Waals surface area contributed by atoms with E-state index < -0.39 is 0 Å². The highest BCUT2D eigenvalue weighted by Gasteiger charge is 2.14. The summed E-state index contributed by atoms with van der Waals surface area (Å²) >= 11 is 12.3. The summed E-state index contributed by atoms with van der Waals surface area (Å²) in [4.78, 5) is 12.3. The Bertz CT molecular complexity index is 883. The first kappa shape index (κ1) is 17.1. The quantitative estimate of drug-likeness (QED) is 0.455. The third kappa shape index (κ3) is 3.66. The van der Waals surface area contributed by atoms with Crippen LogP contribution in [0.4, 0.5) is 5.69 Å². The van der Waals surface area contributed by atoms with Crippen molar-refractivity contribution in [2.24, 2.45) is 0 Å². The number of benzene rings is 2. The van der Waals surface area contributed by atoms with Gasteiger partial charge in [0.2, 0.25) is 0 Å². The van der Waals surface area contributed by atoms with E-state index in [4.69, 9.17) is 16.0 Å². The van der Waals surface area contributed by atoms with Crippen molar-refractivity contribution in [1.82, 2.24) is 0 Å². The standard InChI is InChI=1S/C17H10Br2ClNO3/c18-12-7-11(8-13(19)16(12)22)21-17(23)15-6-5-14(24-15)9-1-3-10(20)4-2-9/h1-8,22H,(H,21,23). The molecule has 1 aromatic heterocycles. The van der Waals surface area contributed by atoms with Crippen LogP contribution in [0.3, 0.4) is 0 Å². The zero-order valence-corrected chi connectivity index (χ0v) is 15.9. The molecule has 0 aliphatic carbocycles. The van der Waals surface area contributed by atoms with E-state index in [2.05, 4.69) is 37.2 Å². The number of carbonyl (C=O) groups excluding carboxylic acids is 1. The van der Waals surface area contributed by atoms with E-state index in [0.717, 1.165) is 5.56 Å². The first-order valence-electron chi connectivity index (χ1n) is 6.79. The number of nitrogens with one attached hydrogen (secondary N) is 1. The number of phenolic OH excluding ortho intramolecular Hbond substituents is 1. The zero-order valence-electron chi connectivity index (χ0n) is 12.0. The smallest absolute Gasteiger partial charge is 0.291 e. The molecule has 0 spiro atoms. The van der Waals surface area contributed by atoms with Crippen LogP contribution in [0.15, 0.2) is 61.9 Å². The average molecular weight is 472 g/mol. The maximum Gasteiger partial charge on any atom is 0.291 e. The second-order valence-electron chi connectivity index (χ2n) is 4.91. The van der Waals surface area contributed by atoms with Gasteiger partial charge in [-0.15, -0.1) is 0 Å². The van der Waals surface area contributed by atoms with E-state index in [1.807, 2.05) is 12.1 Å². The Morgan fingerprint density at radius 2 is 1.67 bits per heavy atom. The molecule has 7 heteroatoms. The summed E-state index contributed by atoms with van der Waals surface area (Å²) in [7, 11) is 0. The number of furan rings is 1. The maximum absolute atomic E-state index is 12.3. The van der Waals surface area contributed by atoms with Crippen molar-refractivity contribution in [3.05, 3.63) is 68.3 Å². The monoisotopic (exact) mass is 469 g/mol. The first-order chi connectivity index (χ1) is 11.4.